The third-order valence-electron chi connectivity index (χ3n) is 3.03. The van der Waals surface area contributed by atoms with Crippen LogP contribution in [0.15, 0.2) is 22.5 Å². The molecule has 0 saturated heterocycles. The average molecular weight is 336 g/mol. The molecule has 1 heterocycles. The van der Waals surface area contributed by atoms with Crippen LogP contribution in [0.25, 0.3) is 0 Å². The van der Waals surface area contributed by atoms with Gasteiger partial charge in [-0.3, -0.25) is 4.79 Å². The third-order valence-corrected chi connectivity index (χ3v) is 5.10. The number of aryl methyl sites for hydroxylation is 2. The number of nitrogens with zero attached hydrogens (tertiary/aromatic N) is 2. The molecule has 1 amide bonds. The Bertz CT molecular complexity index is 657. The lowest BCUT2D eigenvalue weighted by atomic mass is 10.1. The Morgan fingerprint density at radius 1 is 1.36 bits per heavy atom. The molecule has 7 heteroatoms. The summed E-state index contributed by atoms with van der Waals surface area (Å²) in [6.07, 6.45) is 0. The summed E-state index contributed by atoms with van der Waals surface area (Å²) in [6.45, 7) is 8.69. The van der Waals surface area contributed by atoms with E-state index < -0.39 is 0 Å². The second kappa shape index (κ2) is 7.60. The zero-order valence-electron chi connectivity index (χ0n) is 13.1. The number of carbonyl (C=O) groups is 1. The van der Waals surface area contributed by atoms with Crippen LogP contribution in [-0.4, -0.2) is 27.9 Å². The number of carbonyl (C=O) groups excluding carboxylic acids is 1. The Morgan fingerprint density at radius 3 is 2.86 bits per heavy atom. The van der Waals surface area contributed by atoms with Crippen molar-refractivity contribution in [1.29, 1.82) is 0 Å². The molecule has 118 valence electrons. The number of rotatable bonds is 6. The Kier molecular flexibility index (Phi) is 5.79. The van der Waals surface area contributed by atoms with Crippen molar-refractivity contribution in [3.05, 3.63) is 29.3 Å². The topological polar surface area (TPSA) is 66.9 Å². The molecule has 1 atom stereocenters. The molecule has 0 fully saturated rings. The minimum absolute atomic E-state index is 0.0288. The highest BCUT2D eigenvalue weighted by atomic mass is 32.2. The van der Waals surface area contributed by atoms with Crippen molar-refractivity contribution in [3.8, 4) is 0 Å². The van der Waals surface area contributed by atoms with Gasteiger partial charge in [0.25, 0.3) is 0 Å². The predicted octanol–water partition coefficient (Wildman–Crippen LogP) is 3.71. The second-order valence-electron chi connectivity index (χ2n) is 4.97. The molecular formula is C15H20N4OS2. The smallest absolute Gasteiger partial charge is 0.237 e. The summed E-state index contributed by atoms with van der Waals surface area (Å²) >= 11 is 2.89. The molecule has 0 spiro atoms. The third kappa shape index (κ3) is 4.45. The van der Waals surface area contributed by atoms with Crippen LogP contribution in [0.1, 0.15) is 25.0 Å². The normalized spacial score (nSPS) is 12.0. The van der Waals surface area contributed by atoms with Crippen LogP contribution in [0.5, 0.6) is 0 Å². The zero-order valence-corrected chi connectivity index (χ0v) is 14.8. The summed E-state index contributed by atoms with van der Waals surface area (Å²) in [5.41, 5.74) is 3.05. The highest BCUT2D eigenvalue weighted by Gasteiger charge is 2.18. The van der Waals surface area contributed by atoms with Crippen LogP contribution in [0.2, 0.25) is 0 Å². The van der Waals surface area contributed by atoms with E-state index in [1.165, 1.54) is 23.1 Å². The van der Waals surface area contributed by atoms with Gasteiger partial charge in [-0.15, -0.1) is 10.2 Å². The van der Waals surface area contributed by atoms with Gasteiger partial charge in [-0.2, -0.15) is 0 Å². The van der Waals surface area contributed by atoms with Crippen molar-refractivity contribution in [2.45, 2.75) is 37.3 Å². The molecule has 2 aromatic rings. The van der Waals surface area contributed by atoms with Gasteiger partial charge in [-0.1, -0.05) is 35.2 Å². The molecule has 0 aliphatic carbocycles. The van der Waals surface area contributed by atoms with E-state index in [1.54, 1.807) is 0 Å². The van der Waals surface area contributed by atoms with E-state index >= 15 is 0 Å². The summed E-state index contributed by atoms with van der Waals surface area (Å²) < 4.78 is 0.791. The van der Waals surface area contributed by atoms with Crippen LogP contribution in [0.3, 0.4) is 0 Å². The maximum atomic E-state index is 12.3. The quantitative estimate of drug-likeness (QED) is 0.787. The first-order valence-electron chi connectivity index (χ1n) is 7.11. The van der Waals surface area contributed by atoms with E-state index in [-0.39, 0.29) is 11.2 Å². The Balaban J connectivity index is 1.98. The first-order valence-corrected chi connectivity index (χ1v) is 8.81. The highest BCUT2D eigenvalue weighted by Crippen LogP contribution is 2.29. The molecular weight excluding hydrogens is 316 g/mol. The summed E-state index contributed by atoms with van der Waals surface area (Å²) in [4.78, 5) is 12.3. The molecule has 0 saturated carbocycles. The van der Waals surface area contributed by atoms with Crippen molar-refractivity contribution >= 4 is 39.8 Å². The summed E-state index contributed by atoms with van der Waals surface area (Å²) in [7, 11) is 0. The molecule has 0 bridgehead atoms. The van der Waals surface area contributed by atoms with Gasteiger partial charge in [-0.25, -0.2) is 0 Å². The van der Waals surface area contributed by atoms with Gasteiger partial charge < -0.3 is 10.6 Å². The first kappa shape index (κ1) is 16.8. The van der Waals surface area contributed by atoms with Crippen LogP contribution >= 0.6 is 23.1 Å². The van der Waals surface area contributed by atoms with Gasteiger partial charge in [0.15, 0.2) is 4.34 Å². The van der Waals surface area contributed by atoms with Crippen molar-refractivity contribution in [2.24, 2.45) is 0 Å². The minimum Gasteiger partial charge on any atom is -0.360 e. The Labute approximate surface area is 138 Å². The fourth-order valence-corrected chi connectivity index (χ4v) is 3.75. The molecule has 2 N–H and O–H groups in total. The van der Waals surface area contributed by atoms with E-state index in [0.717, 1.165) is 32.8 Å². The fourth-order valence-electron chi connectivity index (χ4n) is 1.79. The van der Waals surface area contributed by atoms with E-state index in [9.17, 15) is 4.79 Å². The highest BCUT2D eigenvalue weighted by molar-refractivity contribution is 8.02. The second-order valence-corrected chi connectivity index (χ2v) is 7.54. The molecule has 1 aromatic heterocycles. The SMILES string of the molecule is CCNc1nnc(SC(C)C(=O)Nc2cc(C)ccc2C)s1. The maximum Gasteiger partial charge on any atom is 0.237 e. The van der Waals surface area contributed by atoms with Gasteiger partial charge in [0.05, 0.1) is 5.25 Å². The number of hydrogen-bond acceptors (Lipinski definition) is 6. The standard InChI is InChI=1S/C15H20N4OS2/c1-5-16-14-18-19-15(22-14)21-11(4)13(20)17-12-8-9(2)6-7-10(12)3/h6-8,11H,5H2,1-4H3,(H,16,18)(H,17,20). The van der Waals surface area contributed by atoms with Crippen LogP contribution in [-0.2, 0) is 4.79 Å². The van der Waals surface area contributed by atoms with Crippen molar-refractivity contribution in [3.63, 3.8) is 0 Å². The van der Waals surface area contributed by atoms with E-state index in [1.807, 2.05) is 45.9 Å². The molecule has 5 nitrogen and oxygen atoms in total. The van der Waals surface area contributed by atoms with Gasteiger partial charge >= 0.3 is 0 Å². The van der Waals surface area contributed by atoms with Crippen LogP contribution in [0, 0.1) is 13.8 Å². The molecule has 0 aliphatic rings. The van der Waals surface area contributed by atoms with E-state index in [0.29, 0.717) is 0 Å². The lowest BCUT2D eigenvalue weighted by Crippen LogP contribution is -2.22. The van der Waals surface area contributed by atoms with Crippen molar-refractivity contribution in [1.82, 2.24) is 10.2 Å². The molecule has 1 aromatic carbocycles. The van der Waals surface area contributed by atoms with Gasteiger partial charge in [0.2, 0.25) is 11.0 Å². The monoisotopic (exact) mass is 336 g/mol. The molecule has 1 unspecified atom stereocenters. The lowest BCUT2D eigenvalue weighted by Gasteiger charge is -2.12. The van der Waals surface area contributed by atoms with Crippen molar-refractivity contribution < 1.29 is 4.79 Å². The number of nitrogens with one attached hydrogen (secondary N) is 2. The van der Waals surface area contributed by atoms with Crippen LogP contribution < -0.4 is 10.6 Å². The predicted molar refractivity (Wildman–Crippen MR) is 93.9 cm³/mol. The Hall–Kier alpha value is -1.60. The molecule has 2 rings (SSSR count). The van der Waals surface area contributed by atoms with Gasteiger partial charge in [0.1, 0.15) is 0 Å². The fraction of sp³-hybridized carbons (Fsp3) is 0.400. The Morgan fingerprint density at radius 2 is 2.14 bits per heavy atom. The zero-order chi connectivity index (χ0) is 16.1. The molecule has 22 heavy (non-hydrogen) atoms. The van der Waals surface area contributed by atoms with Gasteiger partial charge in [0, 0.05) is 12.2 Å². The largest absolute Gasteiger partial charge is 0.360 e. The summed E-state index contributed by atoms with van der Waals surface area (Å²) in [6, 6.07) is 6.03. The number of thioether (sulfide) groups is 1. The summed E-state index contributed by atoms with van der Waals surface area (Å²) in [5.74, 6) is -0.0288. The first-order chi connectivity index (χ1) is 10.5. The minimum atomic E-state index is -0.234. The van der Waals surface area contributed by atoms with E-state index in [4.69, 9.17) is 0 Å². The van der Waals surface area contributed by atoms with E-state index in [2.05, 4.69) is 20.8 Å². The average Bonchev–Trinajstić information content (AvgIpc) is 2.90. The molecule has 0 radical (unpaired) electrons. The molecule has 0 aliphatic heterocycles. The van der Waals surface area contributed by atoms with Gasteiger partial charge in [-0.05, 0) is 44.9 Å². The van der Waals surface area contributed by atoms with Crippen LogP contribution in [0.4, 0.5) is 10.8 Å². The maximum absolute atomic E-state index is 12.3. The lowest BCUT2D eigenvalue weighted by molar-refractivity contribution is -0.115. The summed E-state index contributed by atoms with van der Waals surface area (Å²) in [5, 5.41) is 14.8. The number of amides is 1. The number of hydrogen-bond donors (Lipinski definition) is 2. The van der Waals surface area contributed by atoms with Crippen molar-refractivity contribution in [2.75, 3.05) is 17.2 Å². The number of anilines is 2. The number of benzene rings is 1. The number of aromatic nitrogens is 2.